The molecule has 1 spiro atoms. The number of benzene rings is 1. The zero-order chi connectivity index (χ0) is 25.9. The molecular weight excluding hydrogens is 556 g/mol. The minimum Gasteiger partial charge on any atom is -0.373 e. The molecule has 2 aromatic rings. The SMILES string of the molecule is O=C1NC(c2ccc(C(F)(F)F)nc2C2CC2)=NC12CCN(c1cc(Br)cc(F)c1COC1CC1)CC2. The van der Waals surface area contributed by atoms with Gasteiger partial charge < -0.3 is 15.0 Å². The number of pyridine rings is 1. The Morgan fingerprint density at radius 1 is 1.14 bits per heavy atom. The number of hydrogen-bond acceptors (Lipinski definition) is 5. The van der Waals surface area contributed by atoms with E-state index in [1.165, 1.54) is 12.1 Å². The van der Waals surface area contributed by atoms with Crippen LogP contribution in [0.3, 0.4) is 0 Å². The number of hydrogen-bond donors (Lipinski definition) is 1. The molecule has 0 radical (unpaired) electrons. The van der Waals surface area contributed by atoms with Crippen LogP contribution in [0, 0.1) is 5.82 Å². The van der Waals surface area contributed by atoms with Crippen molar-refractivity contribution in [3.8, 4) is 0 Å². The maximum Gasteiger partial charge on any atom is 0.433 e. The predicted octanol–water partition coefficient (Wildman–Crippen LogP) is 5.47. The molecule has 1 aromatic carbocycles. The van der Waals surface area contributed by atoms with Crippen LogP contribution in [0.1, 0.15) is 67.0 Å². The lowest BCUT2D eigenvalue weighted by molar-refractivity contribution is -0.141. The van der Waals surface area contributed by atoms with Gasteiger partial charge >= 0.3 is 6.18 Å². The maximum absolute atomic E-state index is 14.8. The van der Waals surface area contributed by atoms with Crippen molar-refractivity contribution in [1.82, 2.24) is 10.3 Å². The van der Waals surface area contributed by atoms with Gasteiger partial charge in [-0.1, -0.05) is 15.9 Å². The van der Waals surface area contributed by atoms with Crippen molar-refractivity contribution < 1.29 is 27.1 Å². The molecule has 0 unspecified atom stereocenters. The first kappa shape index (κ1) is 24.8. The molecule has 0 atom stereocenters. The number of ether oxygens (including phenoxy) is 1. The summed E-state index contributed by atoms with van der Waals surface area (Å²) in [6, 6.07) is 5.60. The number of aliphatic imine (C=N–C) groups is 1. The highest BCUT2D eigenvalue weighted by Gasteiger charge is 2.47. The average molecular weight is 581 g/mol. The van der Waals surface area contributed by atoms with E-state index in [2.05, 4.69) is 26.2 Å². The van der Waals surface area contributed by atoms with E-state index in [1.807, 2.05) is 11.0 Å². The number of anilines is 1. The highest BCUT2D eigenvalue weighted by molar-refractivity contribution is 9.10. The molecule has 3 fully saturated rings. The lowest BCUT2D eigenvalue weighted by Crippen LogP contribution is -2.49. The van der Waals surface area contributed by atoms with Crippen molar-refractivity contribution in [2.24, 2.45) is 4.99 Å². The summed E-state index contributed by atoms with van der Waals surface area (Å²) in [6.07, 6.45) is -0.0464. The Labute approximate surface area is 219 Å². The summed E-state index contributed by atoms with van der Waals surface area (Å²) in [5.41, 5.74) is 0.0766. The first-order valence-electron chi connectivity index (χ1n) is 12.5. The zero-order valence-electron chi connectivity index (χ0n) is 19.9. The lowest BCUT2D eigenvalue weighted by Gasteiger charge is -2.37. The quantitative estimate of drug-likeness (QED) is 0.460. The predicted molar refractivity (Wildman–Crippen MR) is 132 cm³/mol. The molecule has 196 valence electrons. The number of halogens is 5. The van der Waals surface area contributed by atoms with Gasteiger partial charge in [-0.3, -0.25) is 9.79 Å². The van der Waals surface area contributed by atoms with Crippen LogP contribution in [0.5, 0.6) is 0 Å². The van der Waals surface area contributed by atoms with Gasteiger partial charge in [-0.15, -0.1) is 0 Å². The van der Waals surface area contributed by atoms with E-state index in [0.717, 1.165) is 37.4 Å². The maximum atomic E-state index is 14.8. The molecule has 6 nitrogen and oxygen atoms in total. The summed E-state index contributed by atoms with van der Waals surface area (Å²) in [5, 5.41) is 2.82. The van der Waals surface area contributed by atoms with Gasteiger partial charge in [-0.25, -0.2) is 9.37 Å². The number of amidine groups is 1. The van der Waals surface area contributed by atoms with Gasteiger partial charge in [0.25, 0.3) is 5.91 Å². The molecular formula is C26H25BrF4N4O2. The second kappa shape index (κ2) is 9.04. The average Bonchev–Trinajstić information content (AvgIpc) is 3.77. The fourth-order valence-corrected chi connectivity index (χ4v) is 5.47. The Kier molecular flexibility index (Phi) is 6.06. The van der Waals surface area contributed by atoms with Crippen LogP contribution < -0.4 is 10.2 Å². The standard InChI is InChI=1S/C26H25BrF4N4O2/c27-15-11-19(28)18(13-37-16-3-4-16)20(12-15)35-9-7-25(8-10-35)24(36)33-23(34-25)17-5-6-21(26(29,30)31)32-22(17)14-1-2-14/h5-6,11-12,14,16H,1-4,7-10,13H2,(H,33,34,36). The molecule has 37 heavy (non-hydrogen) atoms. The molecule has 1 saturated heterocycles. The van der Waals surface area contributed by atoms with Gasteiger partial charge in [-0.2, -0.15) is 13.2 Å². The van der Waals surface area contributed by atoms with Crippen molar-refractivity contribution in [1.29, 1.82) is 0 Å². The van der Waals surface area contributed by atoms with E-state index in [-0.39, 0.29) is 36.2 Å². The first-order chi connectivity index (χ1) is 17.6. The van der Waals surface area contributed by atoms with Crippen LogP contribution in [0.2, 0.25) is 0 Å². The van der Waals surface area contributed by atoms with Gasteiger partial charge in [0, 0.05) is 40.3 Å². The van der Waals surface area contributed by atoms with E-state index in [9.17, 15) is 22.4 Å². The minimum atomic E-state index is -4.54. The summed E-state index contributed by atoms with van der Waals surface area (Å²) in [7, 11) is 0. The molecule has 2 saturated carbocycles. The Morgan fingerprint density at radius 3 is 2.51 bits per heavy atom. The fourth-order valence-electron chi connectivity index (χ4n) is 5.05. The van der Waals surface area contributed by atoms with Crippen molar-refractivity contribution >= 4 is 33.4 Å². The molecule has 0 bridgehead atoms. The number of nitrogens with zero attached hydrogens (tertiary/aromatic N) is 3. The Balaban J connectivity index is 1.24. The lowest BCUT2D eigenvalue weighted by atomic mass is 9.87. The van der Waals surface area contributed by atoms with Gasteiger partial charge in [-0.05, 0) is 62.8 Å². The van der Waals surface area contributed by atoms with Crippen molar-refractivity contribution in [3.05, 3.63) is 57.1 Å². The van der Waals surface area contributed by atoms with Gasteiger partial charge in [0.2, 0.25) is 0 Å². The van der Waals surface area contributed by atoms with E-state index < -0.39 is 17.4 Å². The van der Waals surface area contributed by atoms with Gasteiger partial charge in [0.05, 0.1) is 18.4 Å². The Bertz CT molecular complexity index is 1280. The number of carbonyl (C=O) groups excluding carboxylic acids is 1. The van der Waals surface area contributed by atoms with Crippen molar-refractivity contribution in [2.45, 2.75) is 68.9 Å². The van der Waals surface area contributed by atoms with Gasteiger partial charge in [0.15, 0.2) is 0 Å². The third-order valence-corrected chi connectivity index (χ3v) is 7.93. The molecule has 1 N–H and O–H groups in total. The number of aromatic nitrogens is 1. The van der Waals surface area contributed by atoms with Gasteiger partial charge in [0.1, 0.15) is 22.9 Å². The summed E-state index contributed by atoms with van der Waals surface area (Å²) in [5.74, 6) is -0.375. The highest BCUT2D eigenvalue weighted by atomic mass is 79.9. The number of carbonyl (C=O) groups is 1. The number of amides is 1. The smallest absolute Gasteiger partial charge is 0.373 e. The number of piperidine rings is 1. The third kappa shape index (κ3) is 4.87. The number of alkyl halides is 3. The minimum absolute atomic E-state index is 0.0574. The van der Waals surface area contributed by atoms with E-state index >= 15 is 0 Å². The second-order valence-electron chi connectivity index (χ2n) is 10.2. The van der Waals surface area contributed by atoms with Crippen molar-refractivity contribution in [3.63, 3.8) is 0 Å². The molecule has 2 aliphatic carbocycles. The van der Waals surface area contributed by atoms with E-state index in [0.29, 0.717) is 47.2 Å². The third-order valence-electron chi connectivity index (χ3n) is 7.47. The number of nitrogens with one attached hydrogen (secondary N) is 1. The molecule has 3 heterocycles. The van der Waals surface area contributed by atoms with Crippen LogP contribution in [0.25, 0.3) is 0 Å². The Hall–Kier alpha value is -2.53. The monoisotopic (exact) mass is 580 g/mol. The molecule has 4 aliphatic rings. The van der Waals surface area contributed by atoms with Crippen LogP contribution in [-0.4, -0.2) is 41.5 Å². The molecule has 1 amide bonds. The molecule has 1 aromatic heterocycles. The summed E-state index contributed by atoms with van der Waals surface area (Å²) < 4.78 is 61.0. The largest absolute Gasteiger partial charge is 0.433 e. The van der Waals surface area contributed by atoms with E-state index in [4.69, 9.17) is 9.73 Å². The van der Waals surface area contributed by atoms with Crippen LogP contribution in [-0.2, 0) is 22.3 Å². The van der Waals surface area contributed by atoms with Crippen molar-refractivity contribution in [2.75, 3.05) is 18.0 Å². The topological polar surface area (TPSA) is 66.8 Å². The summed E-state index contributed by atoms with van der Waals surface area (Å²) in [4.78, 5) is 23.8. The molecule has 2 aliphatic heterocycles. The number of rotatable bonds is 6. The highest BCUT2D eigenvalue weighted by Crippen LogP contribution is 2.43. The normalized spacial score (nSPS) is 21.4. The summed E-state index contributed by atoms with van der Waals surface area (Å²) in [6.45, 7) is 1.13. The fraction of sp³-hybridized carbons (Fsp3) is 0.500. The second-order valence-corrected chi connectivity index (χ2v) is 11.1. The Morgan fingerprint density at radius 2 is 1.86 bits per heavy atom. The van der Waals surface area contributed by atoms with E-state index in [1.54, 1.807) is 0 Å². The van der Waals surface area contributed by atoms with Crippen LogP contribution in [0.4, 0.5) is 23.2 Å². The first-order valence-corrected chi connectivity index (χ1v) is 13.3. The molecule has 6 rings (SSSR count). The molecule has 11 heteroatoms. The van der Waals surface area contributed by atoms with Crippen LogP contribution in [0.15, 0.2) is 33.7 Å². The summed E-state index contributed by atoms with van der Waals surface area (Å²) >= 11 is 3.38. The van der Waals surface area contributed by atoms with Crippen LogP contribution >= 0.6 is 15.9 Å². The zero-order valence-corrected chi connectivity index (χ0v) is 21.5.